The van der Waals surface area contributed by atoms with Gasteiger partial charge in [-0.2, -0.15) is 0 Å². The molecule has 0 amide bonds. The van der Waals surface area contributed by atoms with Gasteiger partial charge in [0.1, 0.15) is 11.6 Å². The van der Waals surface area contributed by atoms with E-state index in [9.17, 15) is 8.78 Å². The maximum absolute atomic E-state index is 12.9. The van der Waals surface area contributed by atoms with E-state index in [4.69, 9.17) is 0 Å². The van der Waals surface area contributed by atoms with Crippen LogP contribution in [0, 0.1) is 11.6 Å². The molecule has 0 spiro atoms. The van der Waals surface area contributed by atoms with Crippen LogP contribution in [0.15, 0.2) is 18.2 Å². The van der Waals surface area contributed by atoms with Gasteiger partial charge in [-0.1, -0.05) is 21.3 Å². The van der Waals surface area contributed by atoms with Crippen LogP contribution in [0.5, 0.6) is 0 Å². The Labute approximate surface area is 72.2 Å². The first-order valence-electron chi connectivity index (χ1n) is 3.56. The molecule has 0 atom stereocenters. The van der Waals surface area contributed by atoms with Gasteiger partial charge in [0.2, 0.25) is 0 Å². The van der Waals surface area contributed by atoms with E-state index < -0.39 is 0 Å². The minimum atomic E-state index is -0.380. The topological polar surface area (TPSA) is 0 Å². The standard InChI is InChI=1S/C9H10F2.CH4/c1-6(2)8-5-7(10)3-4-9(8)11;/h3-6H,1-2H3;1H4. The van der Waals surface area contributed by atoms with E-state index in [-0.39, 0.29) is 25.0 Å². The molecule has 1 rings (SSSR count). The number of rotatable bonds is 1. The van der Waals surface area contributed by atoms with Crippen LogP contribution < -0.4 is 0 Å². The molecule has 0 unspecified atom stereocenters. The highest BCUT2D eigenvalue weighted by molar-refractivity contribution is 5.21. The van der Waals surface area contributed by atoms with Gasteiger partial charge in [-0.25, -0.2) is 8.78 Å². The van der Waals surface area contributed by atoms with E-state index in [2.05, 4.69) is 0 Å². The van der Waals surface area contributed by atoms with Crippen LogP contribution in [-0.2, 0) is 0 Å². The lowest BCUT2D eigenvalue weighted by Crippen LogP contribution is -1.93. The zero-order chi connectivity index (χ0) is 8.43. The molecule has 0 aromatic heterocycles. The maximum Gasteiger partial charge on any atom is 0.126 e. The van der Waals surface area contributed by atoms with Crippen LogP contribution in [0.2, 0.25) is 0 Å². The third-order valence-corrected chi connectivity index (χ3v) is 1.58. The molecule has 0 nitrogen and oxygen atoms in total. The first-order chi connectivity index (χ1) is 5.11. The van der Waals surface area contributed by atoms with E-state index in [0.717, 1.165) is 12.1 Å². The molecule has 0 heterocycles. The van der Waals surface area contributed by atoms with Crippen LogP contribution in [0.3, 0.4) is 0 Å². The first kappa shape index (κ1) is 11.1. The minimum Gasteiger partial charge on any atom is -0.207 e. The third kappa shape index (κ3) is 2.29. The lowest BCUT2D eigenvalue weighted by atomic mass is 10.0. The number of benzene rings is 1. The van der Waals surface area contributed by atoms with Gasteiger partial charge in [-0.3, -0.25) is 0 Å². The van der Waals surface area contributed by atoms with E-state index in [1.54, 1.807) is 0 Å². The van der Waals surface area contributed by atoms with Crippen LogP contribution >= 0.6 is 0 Å². The molecule has 68 valence electrons. The van der Waals surface area contributed by atoms with E-state index in [1.165, 1.54) is 6.07 Å². The van der Waals surface area contributed by atoms with Crippen molar-refractivity contribution in [2.75, 3.05) is 0 Å². The van der Waals surface area contributed by atoms with Crippen molar-refractivity contribution in [3.63, 3.8) is 0 Å². The fraction of sp³-hybridized carbons (Fsp3) is 0.400. The second-order valence-corrected chi connectivity index (χ2v) is 2.82. The molecule has 12 heavy (non-hydrogen) atoms. The monoisotopic (exact) mass is 172 g/mol. The van der Waals surface area contributed by atoms with Gasteiger partial charge in [0.05, 0.1) is 0 Å². The van der Waals surface area contributed by atoms with Crippen molar-refractivity contribution in [3.8, 4) is 0 Å². The molecule has 0 aliphatic rings. The SMILES string of the molecule is C.CC(C)c1cc(F)ccc1F. The summed E-state index contributed by atoms with van der Waals surface area (Å²) in [4.78, 5) is 0. The van der Waals surface area contributed by atoms with Crippen LogP contribution in [-0.4, -0.2) is 0 Å². The molecule has 0 N–H and O–H groups in total. The Bertz CT molecular complexity index is 254. The number of hydrogen-bond acceptors (Lipinski definition) is 0. The molecule has 0 saturated carbocycles. The zero-order valence-corrected chi connectivity index (χ0v) is 6.57. The summed E-state index contributed by atoms with van der Waals surface area (Å²) in [6, 6.07) is 3.52. The first-order valence-corrected chi connectivity index (χ1v) is 3.56. The summed E-state index contributed by atoms with van der Waals surface area (Å²) in [7, 11) is 0. The van der Waals surface area contributed by atoms with Crippen molar-refractivity contribution in [2.24, 2.45) is 0 Å². The molecule has 0 bridgehead atoms. The lowest BCUT2D eigenvalue weighted by molar-refractivity contribution is 0.575. The van der Waals surface area contributed by atoms with Crippen molar-refractivity contribution in [1.82, 2.24) is 0 Å². The van der Waals surface area contributed by atoms with Gasteiger partial charge in [0.25, 0.3) is 0 Å². The summed E-state index contributed by atoms with van der Waals surface area (Å²) in [5.41, 5.74) is 0.435. The fourth-order valence-corrected chi connectivity index (χ4v) is 0.957. The molecule has 1 aromatic carbocycles. The average Bonchev–Trinajstić information content (AvgIpc) is 1.94. The van der Waals surface area contributed by atoms with Crippen molar-refractivity contribution in [3.05, 3.63) is 35.4 Å². The van der Waals surface area contributed by atoms with Gasteiger partial charge in [0, 0.05) is 0 Å². The Morgan fingerprint density at radius 2 is 1.75 bits per heavy atom. The lowest BCUT2D eigenvalue weighted by Gasteiger charge is -2.05. The molecule has 2 heteroatoms. The fourth-order valence-electron chi connectivity index (χ4n) is 0.957. The summed E-state index contributed by atoms with van der Waals surface area (Å²) in [5, 5.41) is 0. The average molecular weight is 172 g/mol. The molecule has 0 aliphatic heterocycles. The van der Waals surface area contributed by atoms with Gasteiger partial charge >= 0.3 is 0 Å². The normalized spacial score (nSPS) is 9.75. The van der Waals surface area contributed by atoms with Crippen LogP contribution in [0.4, 0.5) is 8.78 Å². The zero-order valence-electron chi connectivity index (χ0n) is 6.57. The smallest absolute Gasteiger partial charge is 0.126 e. The summed E-state index contributed by atoms with van der Waals surface area (Å²) < 4.78 is 25.4. The van der Waals surface area contributed by atoms with Crippen LogP contribution in [0.1, 0.15) is 32.8 Å². The molecule has 0 radical (unpaired) electrons. The van der Waals surface area contributed by atoms with Crippen molar-refractivity contribution in [2.45, 2.75) is 27.2 Å². The number of halogens is 2. The Morgan fingerprint density at radius 1 is 1.17 bits per heavy atom. The van der Waals surface area contributed by atoms with Gasteiger partial charge in [-0.05, 0) is 29.7 Å². The van der Waals surface area contributed by atoms with Gasteiger partial charge in [-0.15, -0.1) is 0 Å². The molecule has 0 fully saturated rings. The highest BCUT2D eigenvalue weighted by Gasteiger charge is 2.06. The van der Waals surface area contributed by atoms with E-state index >= 15 is 0 Å². The molecule has 0 aliphatic carbocycles. The second kappa shape index (κ2) is 4.19. The summed E-state index contributed by atoms with van der Waals surface area (Å²) in [5.74, 6) is -0.679. The van der Waals surface area contributed by atoms with Gasteiger partial charge in [0.15, 0.2) is 0 Å². The number of hydrogen-bond donors (Lipinski definition) is 0. The predicted molar refractivity (Wildman–Crippen MR) is 47.2 cm³/mol. The quantitative estimate of drug-likeness (QED) is 0.605. The van der Waals surface area contributed by atoms with E-state index in [0.29, 0.717) is 5.56 Å². The third-order valence-electron chi connectivity index (χ3n) is 1.58. The van der Waals surface area contributed by atoms with Crippen molar-refractivity contribution < 1.29 is 8.78 Å². The Kier molecular flexibility index (Phi) is 3.87. The second-order valence-electron chi connectivity index (χ2n) is 2.82. The molecular weight excluding hydrogens is 158 g/mol. The highest BCUT2D eigenvalue weighted by atomic mass is 19.1. The van der Waals surface area contributed by atoms with Crippen molar-refractivity contribution >= 4 is 0 Å². The molecule has 1 aromatic rings. The molecular formula is C10H14F2. The summed E-state index contributed by atoms with van der Waals surface area (Å²) >= 11 is 0. The van der Waals surface area contributed by atoms with Crippen LogP contribution in [0.25, 0.3) is 0 Å². The maximum atomic E-state index is 12.9. The Balaban J connectivity index is 0.00000121. The largest absolute Gasteiger partial charge is 0.207 e. The summed E-state index contributed by atoms with van der Waals surface area (Å²) in [6.07, 6.45) is 0. The van der Waals surface area contributed by atoms with Crippen molar-refractivity contribution in [1.29, 1.82) is 0 Å². The Hall–Kier alpha value is -0.920. The highest BCUT2D eigenvalue weighted by Crippen LogP contribution is 2.18. The minimum absolute atomic E-state index is 0. The van der Waals surface area contributed by atoms with E-state index in [1.807, 2.05) is 13.8 Å². The molecule has 0 saturated heterocycles. The van der Waals surface area contributed by atoms with Gasteiger partial charge < -0.3 is 0 Å². The predicted octanol–water partition coefficient (Wildman–Crippen LogP) is 3.72. The summed E-state index contributed by atoms with van der Waals surface area (Å²) in [6.45, 7) is 3.66. The Morgan fingerprint density at radius 3 is 2.17 bits per heavy atom.